The minimum atomic E-state index is -0.740. The molecule has 0 amide bonds. The number of carbonyl (C=O) groups excluding carboxylic acids is 1. The number of carboxylic acids is 1. The van der Waals surface area contributed by atoms with E-state index in [1.165, 1.54) is 25.7 Å². The molecule has 1 aliphatic carbocycles. The van der Waals surface area contributed by atoms with Crippen LogP contribution in [0.1, 0.15) is 61.7 Å². The van der Waals surface area contributed by atoms with Crippen molar-refractivity contribution >= 4 is 34.4 Å². The molecule has 0 radical (unpaired) electrons. The van der Waals surface area contributed by atoms with Crippen LogP contribution < -0.4 is 4.74 Å². The zero-order valence-corrected chi connectivity index (χ0v) is 20.9. The van der Waals surface area contributed by atoms with Gasteiger partial charge in [-0.3, -0.25) is 14.6 Å². The van der Waals surface area contributed by atoms with E-state index >= 15 is 0 Å². The SMILES string of the molecule is COc1ccc2nccc(C(=O)CCC3CCN(CCSC4CCCC4)CC3CC(=O)O)c2c1. The van der Waals surface area contributed by atoms with Crippen molar-refractivity contribution < 1.29 is 19.4 Å². The Bertz CT molecular complexity index is 992. The summed E-state index contributed by atoms with van der Waals surface area (Å²) < 4.78 is 5.33. The number of ether oxygens (including phenoxy) is 1. The summed E-state index contributed by atoms with van der Waals surface area (Å²) in [6.07, 6.45) is 9.41. The Hall–Kier alpha value is -2.12. The number of pyridine rings is 1. The van der Waals surface area contributed by atoms with Gasteiger partial charge in [-0.05, 0) is 68.3 Å². The van der Waals surface area contributed by atoms with Gasteiger partial charge in [-0.15, -0.1) is 0 Å². The van der Waals surface area contributed by atoms with Crippen molar-refractivity contribution in [2.24, 2.45) is 11.8 Å². The van der Waals surface area contributed by atoms with Gasteiger partial charge in [-0.1, -0.05) is 12.8 Å². The minimum absolute atomic E-state index is 0.0881. The Morgan fingerprint density at radius 2 is 2.00 bits per heavy atom. The van der Waals surface area contributed by atoms with Gasteiger partial charge in [0.1, 0.15) is 5.75 Å². The van der Waals surface area contributed by atoms with Crippen molar-refractivity contribution in [3.63, 3.8) is 0 Å². The molecule has 1 aromatic carbocycles. The zero-order valence-electron chi connectivity index (χ0n) is 20.1. The number of carbonyl (C=O) groups is 2. The molecule has 1 aromatic heterocycles. The van der Waals surface area contributed by atoms with E-state index in [1.54, 1.807) is 19.4 Å². The van der Waals surface area contributed by atoms with Gasteiger partial charge in [0.25, 0.3) is 0 Å². The van der Waals surface area contributed by atoms with Gasteiger partial charge in [0, 0.05) is 54.1 Å². The summed E-state index contributed by atoms with van der Waals surface area (Å²) in [6, 6.07) is 7.36. The van der Waals surface area contributed by atoms with Gasteiger partial charge < -0.3 is 14.7 Å². The molecule has 6 nitrogen and oxygen atoms in total. The normalized spacial score (nSPS) is 21.7. The number of Topliss-reactive ketones (excluding diaryl/α,β-unsaturated/α-hetero) is 1. The van der Waals surface area contributed by atoms with E-state index in [9.17, 15) is 14.7 Å². The quantitative estimate of drug-likeness (QED) is 0.434. The first kappa shape index (κ1) is 25.0. The third-order valence-electron chi connectivity index (χ3n) is 7.47. The highest BCUT2D eigenvalue weighted by Crippen LogP contribution is 2.33. The number of nitrogens with zero attached hydrogens (tertiary/aromatic N) is 2. The zero-order chi connectivity index (χ0) is 23.9. The number of aromatic nitrogens is 1. The van der Waals surface area contributed by atoms with Crippen molar-refractivity contribution in [2.75, 3.05) is 32.5 Å². The lowest BCUT2D eigenvalue weighted by Crippen LogP contribution is -2.42. The molecule has 1 saturated heterocycles. The Balaban J connectivity index is 1.34. The topological polar surface area (TPSA) is 79.7 Å². The van der Waals surface area contributed by atoms with E-state index in [0.29, 0.717) is 17.7 Å². The number of aliphatic carboxylic acids is 1. The van der Waals surface area contributed by atoms with Crippen molar-refractivity contribution in [3.8, 4) is 5.75 Å². The molecule has 2 heterocycles. The van der Waals surface area contributed by atoms with Crippen molar-refractivity contribution in [2.45, 2.75) is 56.6 Å². The standard InChI is InChI=1S/C27H36N2O4S/c1-33-21-7-8-25-24(17-21)23(10-12-28-25)26(30)9-6-19-11-13-29(18-20(19)16-27(31)32)14-15-34-22-4-2-3-5-22/h7-8,10,12,17,19-20,22H,2-6,9,11,13-16,18H2,1H3,(H,31,32). The van der Waals surface area contributed by atoms with Gasteiger partial charge in [0.05, 0.1) is 12.6 Å². The van der Waals surface area contributed by atoms with Crippen LogP contribution in [0.15, 0.2) is 30.5 Å². The second-order valence-electron chi connectivity index (χ2n) is 9.69. The molecule has 4 rings (SSSR count). The first-order valence-electron chi connectivity index (χ1n) is 12.5. The predicted octanol–water partition coefficient (Wildman–Crippen LogP) is 5.29. The summed E-state index contributed by atoms with van der Waals surface area (Å²) in [5, 5.41) is 11.1. The van der Waals surface area contributed by atoms with Crippen LogP contribution in [-0.4, -0.2) is 64.5 Å². The lowest BCUT2D eigenvalue weighted by Gasteiger charge is -2.38. The van der Waals surface area contributed by atoms with E-state index in [1.807, 2.05) is 18.2 Å². The Morgan fingerprint density at radius 1 is 1.18 bits per heavy atom. The summed E-state index contributed by atoms with van der Waals surface area (Å²) in [5.74, 6) is 1.55. The molecule has 7 heteroatoms. The third kappa shape index (κ3) is 6.51. The summed E-state index contributed by atoms with van der Waals surface area (Å²) in [7, 11) is 1.61. The van der Waals surface area contributed by atoms with Crippen LogP contribution in [0.25, 0.3) is 10.9 Å². The maximum absolute atomic E-state index is 13.2. The number of hydrogen-bond acceptors (Lipinski definition) is 6. The first-order chi connectivity index (χ1) is 16.5. The molecule has 1 N–H and O–H groups in total. The number of ketones is 1. The molecule has 2 aromatic rings. The number of hydrogen-bond donors (Lipinski definition) is 1. The molecule has 184 valence electrons. The number of piperidine rings is 1. The highest BCUT2D eigenvalue weighted by atomic mass is 32.2. The number of fused-ring (bicyclic) bond motifs is 1. The van der Waals surface area contributed by atoms with Gasteiger partial charge in [0.15, 0.2) is 5.78 Å². The third-order valence-corrected chi connectivity index (χ3v) is 8.83. The fourth-order valence-corrected chi connectivity index (χ4v) is 6.91. The van der Waals surface area contributed by atoms with E-state index < -0.39 is 5.97 Å². The smallest absolute Gasteiger partial charge is 0.303 e. The minimum Gasteiger partial charge on any atom is -0.497 e. The monoisotopic (exact) mass is 484 g/mol. The number of thioether (sulfide) groups is 1. The van der Waals surface area contributed by atoms with Gasteiger partial charge in [-0.2, -0.15) is 11.8 Å². The molecular formula is C27H36N2O4S. The summed E-state index contributed by atoms with van der Waals surface area (Å²) >= 11 is 2.09. The number of methoxy groups -OCH3 is 1. The first-order valence-corrected chi connectivity index (χ1v) is 13.6. The molecule has 0 bridgehead atoms. The largest absolute Gasteiger partial charge is 0.497 e. The summed E-state index contributed by atoms with van der Waals surface area (Å²) in [5.41, 5.74) is 1.44. The number of carboxylic acid groups (broad SMARTS) is 1. The molecular weight excluding hydrogens is 448 g/mol. The second-order valence-corrected chi connectivity index (χ2v) is 11.1. The van der Waals surface area contributed by atoms with Crippen LogP contribution >= 0.6 is 11.8 Å². The van der Waals surface area contributed by atoms with E-state index in [0.717, 1.165) is 54.4 Å². The lowest BCUT2D eigenvalue weighted by atomic mass is 9.79. The Kier molecular flexibility index (Phi) is 8.84. The molecule has 1 aliphatic heterocycles. The van der Waals surface area contributed by atoms with Gasteiger partial charge >= 0.3 is 5.97 Å². The van der Waals surface area contributed by atoms with Crippen LogP contribution in [0.2, 0.25) is 0 Å². The van der Waals surface area contributed by atoms with E-state index in [2.05, 4.69) is 21.6 Å². The van der Waals surface area contributed by atoms with Crippen LogP contribution in [0.4, 0.5) is 0 Å². The molecule has 2 fully saturated rings. The van der Waals surface area contributed by atoms with Crippen molar-refractivity contribution in [3.05, 3.63) is 36.0 Å². The van der Waals surface area contributed by atoms with Crippen LogP contribution in [0.3, 0.4) is 0 Å². The van der Waals surface area contributed by atoms with Gasteiger partial charge in [-0.25, -0.2) is 0 Å². The van der Waals surface area contributed by atoms with Crippen LogP contribution in [0, 0.1) is 11.8 Å². The number of rotatable bonds is 11. The second kappa shape index (κ2) is 12.0. The maximum atomic E-state index is 13.2. The predicted molar refractivity (Wildman–Crippen MR) is 137 cm³/mol. The number of benzene rings is 1. The summed E-state index contributed by atoms with van der Waals surface area (Å²) in [6.45, 7) is 2.86. The summed E-state index contributed by atoms with van der Waals surface area (Å²) in [4.78, 5) is 31.5. The fraction of sp³-hybridized carbons (Fsp3) is 0.593. The highest BCUT2D eigenvalue weighted by Gasteiger charge is 2.31. The molecule has 1 saturated carbocycles. The molecule has 2 aliphatic rings. The van der Waals surface area contributed by atoms with E-state index in [4.69, 9.17) is 4.74 Å². The molecule has 0 spiro atoms. The maximum Gasteiger partial charge on any atom is 0.303 e. The van der Waals surface area contributed by atoms with Gasteiger partial charge in [0.2, 0.25) is 0 Å². The molecule has 2 atom stereocenters. The highest BCUT2D eigenvalue weighted by molar-refractivity contribution is 7.99. The van der Waals surface area contributed by atoms with Crippen LogP contribution in [0.5, 0.6) is 5.75 Å². The Morgan fingerprint density at radius 3 is 2.76 bits per heavy atom. The lowest BCUT2D eigenvalue weighted by molar-refractivity contribution is -0.139. The number of likely N-dealkylation sites (tertiary alicyclic amines) is 1. The van der Waals surface area contributed by atoms with E-state index in [-0.39, 0.29) is 24.0 Å². The van der Waals surface area contributed by atoms with Crippen molar-refractivity contribution in [1.82, 2.24) is 9.88 Å². The average Bonchev–Trinajstić information content (AvgIpc) is 3.36. The fourth-order valence-electron chi connectivity index (χ4n) is 5.54. The Labute approximate surface area is 206 Å². The van der Waals surface area contributed by atoms with Crippen LogP contribution in [-0.2, 0) is 4.79 Å². The molecule has 34 heavy (non-hydrogen) atoms. The molecule has 2 unspecified atom stereocenters. The van der Waals surface area contributed by atoms with Crippen molar-refractivity contribution in [1.29, 1.82) is 0 Å². The average molecular weight is 485 g/mol.